The second kappa shape index (κ2) is 5.70. The Morgan fingerprint density at radius 3 is 2.95 bits per heavy atom. The zero-order chi connectivity index (χ0) is 14.7. The maximum absolute atomic E-state index is 5.93. The second-order valence-corrected chi connectivity index (χ2v) is 4.50. The van der Waals surface area contributed by atoms with E-state index in [9.17, 15) is 0 Å². The molecule has 0 saturated carbocycles. The number of H-pyrrole nitrogens is 1. The largest absolute Gasteiger partial charge is 0.438 e. The first-order chi connectivity index (χ1) is 10.3. The Labute approximate surface area is 122 Å². The Balaban J connectivity index is 1.99. The highest BCUT2D eigenvalue weighted by molar-refractivity contribution is 5.82. The van der Waals surface area contributed by atoms with Gasteiger partial charge in [0.15, 0.2) is 0 Å². The third-order valence-corrected chi connectivity index (χ3v) is 3.05. The average molecular weight is 283 g/mol. The van der Waals surface area contributed by atoms with Crippen LogP contribution in [0.1, 0.15) is 6.92 Å². The summed E-state index contributed by atoms with van der Waals surface area (Å²) in [5.74, 6) is 1.81. The van der Waals surface area contributed by atoms with E-state index >= 15 is 0 Å². The molecule has 0 saturated heterocycles. The van der Waals surface area contributed by atoms with Crippen molar-refractivity contribution in [2.24, 2.45) is 0 Å². The minimum atomic E-state index is 0.533. The Kier molecular flexibility index (Phi) is 3.59. The molecule has 0 radical (unpaired) electrons. The van der Waals surface area contributed by atoms with Crippen LogP contribution in [-0.2, 0) is 0 Å². The Bertz CT molecular complexity index is 753. The predicted molar refractivity (Wildman–Crippen MR) is 84.1 cm³/mol. The number of ether oxygens (including phenoxy) is 1. The molecule has 0 bridgehead atoms. The first kappa shape index (κ1) is 13.2. The quantitative estimate of drug-likeness (QED) is 0.670. The summed E-state index contributed by atoms with van der Waals surface area (Å²) < 4.78 is 5.93. The van der Waals surface area contributed by atoms with Crippen LogP contribution in [-0.4, -0.2) is 28.5 Å². The molecular weight excluding hydrogens is 266 g/mol. The van der Waals surface area contributed by atoms with Crippen LogP contribution in [0.4, 0.5) is 11.6 Å². The number of hydrogen-bond donors (Lipinski definition) is 3. The van der Waals surface area contributed by atoms with Gasteiger partial charge in [-0.15, -0.1) is 0 Å². The molecule has 0 unspecified atom stereocenters. The topological polar surface area (TPSA) is 74.9 Å². The molecule has 3 N–H and O–H groups in total. The molecule has 6 heteroatoms. The summed E-state index contributed by atoms with van der Waals surface area (Å²) in [6, 6.07) is 9.63. The number of benzene rings is 1. The van der Waals surface area contributed by atoms with Gasteiger partial charge >= 0.3 is 0 Å². The van der Waals surface area contributed by atoms with Crippen molar-refractivity contribution in [2.75, 3.05) is 24.2 Å². The first-order valence-electron chi connectivity index (χ1n) is 6.85. The maximum atomic E-state index is 5.93. The Morgan fingerprint density at radius 1 is 1.24 bits per heavy atom. The van der Waals surface area contributed by atoms with Crippen molar-refractivity contribution in [1.29, 1.82) is 0 Å². The van der Waals surface area contributed by atoms with Gasteiger partial charge in [-0.1, -0.05) is 6.07 Å². The van der Waals surface area contributed by atoms with Crippen molar-refractivity contribution in [1.82, 2.24) is 15.0 Å². The lowest BCUT2D eigenvalue weighted by molar-refractivity contribution is 0.469. The highest BCUT2D eigenvalue weighted by Crippen LogP contribution is 2.29. The van der Waals surface area contributed by atoms with Crippen molar-refractivity contribution in [2.45, 2.75) is 6.92 Å². The van der Waals surface area contributed by atoms with Crippen LogP contribution >= 0.6 is 0 Å². The van der Waals surface area contributed by atoms with E-state index in [-0.39, 0.29) is 0 Å². The summed E-state index contributed by atoms with van der Waals surface area (Å²) >= 11 is 0. The number of nitrogens with one attached hydrogen (secondary N) is 3. The standard InChI is InChI=1S/C15H17N5O/c1-3-17-15-19-13-12(7-8-18-13)14(20-15)21-11-6-4-5-10(9-11)16-2/h4-9,16H,3H2,1-2H3,(H2,17,18,19,20). The van der Waals surface area contributed by atoms with Gasteiger partial charge in [-0.05, 0) is 25.1 Å². The summed E-state index contributed by atoms with van der Waals surface area (Å²) in [4.78, 5) is 11.9. The molecule has 2 aromatic heterocycles. The van der Waals surface area contributed by atoms with Crippen LogP contribution in [0, 0.1) is 0 Å². The zero-order valence-electron chi connectivity index (χ0n) is 12.0. The SMILES string of the molecule is CCNc1nc(Oc2cccc(NC)c2)c2cc[nH]c2n1. The van der Waals surface area contributed by atoms with Crippen LogP contribution in [0.25, 0.3) is 11.0 Å². The number of nitrogens with zero attached hydrogens (tertiary/aromatic N) is 2. The Hall–Kier alpha value is -2.76. The molecule has 3 rings (SSSR count). The van der Waals surface area contributed by atoms with Gasteiger partial charge in [-0.25, -0.2) is 0 Å². The van der Waals surface area contributed by atoms with Crippen LogP contribution in [0.3, 0.4) is 0 Å². The lowest BCUT2D eigenvalue weighted by Crippen LogP contribution is -2.03. The first-order valence-corrected chi connectivity index (χ1v) is 6.85. The highest BCUT2D eigenvalue weighted by Gasteiger charge is 2.10. The monoisotopic (exact) mass is 283 g/mol. The fraction of sp³-hybridized carbons (Fsp3) is 0.200. The molecule has 0 aliphatic carbocycles. The lowest BCUT2D eigenvalue weighted by Gasteiger charge is -2.09. The van der Waals surface area contributed by atoms with E-state index in [4.69, 9.17) is 4.74 Å². The Morgan fingerprint density at radius 2 is 2.14 bits per heavy atom. The van der Waals surface area contributed by atoms with Crippen LogP contribution in [0.15, 0.2) is 36.5 Å². The van der Waals surface area contributed by atoms with Crippen LogP contribution in [0.5, 0.6) is 11.6 Å². The number of rotatable bonds is 5. The van der Waals surface area contributed by atoms with Gasteiger partial charge in [-0.3, -0.25) is 0 Å². The minimum absolute atomic E-state index is 0.533. The molecule has 108 valence electrons. The average Bonchev–Trinajstić information content (AvgIpc) is 2.96. The molecule has 0 aliphatic rings. The van der Waals surface area contributed by atoms with Crippen molar-refractivity contribution in [3.05, 3.63) is 36.5 Å². The molecule has 0 atom stereocenters. The fourth-order valence-electron chi connectivity index (χ4n) is 2.05. The van der Waals surface area contributed by atoms with E-state index in [1.807, 2.05) is 50.5 Å². The molecule has 0 fully saturated rings. The summed E-state index contributed by atoms with van der Waals surface area (Å²) in [6.07, 6.45) is 1.83. The fourth-order valence-corrected chi connectivity index (χ4v) is 2.05. The smallest absolute Gasteiger partial charge is 0.233 e. The van der Waals surface area contributed by atoms with E-state index < -0.39 is 0 Å². The molecule has 0 amide bonds. The van der Waals surface area contributed by atoms with E-state index in [1.165, 1.54) is 0 Å². The third kappa shape index (κ3) is 2.74. The molecule has 21 heavy (non-hydrogen) atoms. The van der Waals surface area contributed by atoms with E-state index in [2.05, 4.69) is 25.6 Å². The van der Waals surface area contributed by atoms with Gasteiger partial charge in [-0.2, -0.15) is 9.97 Å². The maximum Gasteiger partial charge on any atom is 0.233 e. The molecule has 6 nitrogen and oxygen atoms in total. The molecule has 1 aromatic carbocycles. The van der Waals surface area contributed by atoms with Gasteiger partial charge in [0.25, 0.3) is 0 Å². The van der Waals surface area contributed by atoms with Crippen molar-refractivity contribution >= 4 is 22.7 Å². The normalized spacial score (nSPS) is 10.6. The van der Waals surface area contributed by atoms with E-state index in [0.29, 0.717) is 11.8 Å². The molecular formula is C15H17N5O. The third-order valence-electron chi connectivity index (χ3n) is 3.05. The van der Waals surface area contributed by atoms with Gasteiger partial charge in [0.1, 0.15) is 11.4 Å². The lowest BCUT2D eigenvalue weighted by atomic mass is 10.3. The summed E-state index contributed by atoms with van der Waals surface area (Å²) in [5.41, 5.74) is 1.74. The molecule has 2 heterocycles. The van der Waals surface area contributed by atoms with Gasteiger partial charge < -0.3 is 20.4 Å². The number of aromatic amines is 1. The number of hydrogen-bond acceptors (Lipinski definition) is 5. The van der Waals surface area contributed by atoms with Crippen molar-refractivity contribution in [3.8, 4) is 11.6 Å². The molecule has 0 aliphatic heterocycles. The van der Waals surface area contributed by atoms with Crippen LogP contribution < -0.4 is 15.4 Å². The zero-order valence-corrected chi connectivity index (χ0v) is 12.0. The minimum Gasteiger partial charge on any atom is -0.438 e. The highest BCUT2D eigenvalue weighted by atomic mass is 16.5. The number of aromatic nitrogens is 3. The van der Waals surface area contributed by atoms with Crippen molar-refractivity contribution < 1.29 is 4.74 Å². The molecule has 3 aromatic rings. The summed E-state index contributed by atoms with van der Waals surface area (Å²) in [7, 11) is 1.87. The van der Waals surface area contributed by atoms with Crippen LogP contribution in [0.2, 0.25) is 0 Å². The van der Waals surface area contributed by atoms with Crippen molar-refractivity contribution in [3.63, 3.8) is 0 Å². The summed E-state index contributed by atoms with van der Waals surface area (Å²) in [5, 5.41) is 7.04. The second-order valence-electron chi connectivity index (χ2n) is 4.50. The summed E-state index contributed by atoms with van der Waals surface area (Å²) in [6.45, 7) is 2.75. The van der Waals surface area contributed by atoms with E-state index in [0.717, 1.165) is 29.0 Å². The van der Waals surface area contributed by atoms with Gasteiger partial charge in [0, 0.05) is 31.5 Å². The van der Waals surface area contributed by atoms with E-state index in [1.54, 1.807) is 0 Å². The number of anilines is 2. The van der Waals surface area contributed by atoms with Gasteiger partial charge in [0.2, 0.25) is 11.8 Å². The number of fused-ring (bicyclic) bond motifs is 1. The van der Waals surface area contributed by atoms with Gasteiger partial charge in [0.05, 0.1) is 5.39 Å². The predicted octanol–water partition coefficient (Wildman–Crippen LogP) is 3.22. The molecule has 0 spiro atoms.